The molecule has 5 nitrogen and oxygen atoms in total. The van der Waals surface area contributed by atoms with E-state index in [-0.39, 0.29) is 30.1 Å². The van der Waals surface area contributed by atoms with Crippen molar-refractivity contribution in [1.29, 1.82) is 0 Å². The molecule has 0 saturated carbocycles. The van der Waals surface area contributed by atoms with Crippen LogP contribution < -0.4 is 10.5 Å². The Kier molecular flexibility index (Phi) is 5.82. The molecular weight excluding hydrogens is 308 g/mol. The summed E-state index contributed by atoms with van der Waals surface area (Å²) < 4.78 is 30.7. The summed E-state index contributed by atoms with van der Waals surface area (Å²) in [6.07, 6.45) is 0. The second-order valence-corrected chi connectivity index (χ2v) is 5.24. The predicted octanol–water partition coefficient (Wildman–Crippen LogP) is 1.09. The van der Waals surface area contributed by atoms with Gasteiger partial charge in [-0.15, -0.1) is 12.4 Å². The third-order valence-corrected chi connectivity index (χ3v) is 3.41. The zero-order valence-electron chi connectivity index (χ0n) is 7.94. The molecule has 8 heteroatoms. The van der Waals surface area contributed by atoms with Crippen molar-refractivity contribution in [2.45, 2.75) is 18.1 Å². The monoisotopic (exact) mass is 318 g/mol. The van der Waals surface area contributed by atoms with E-state index in [4.69, 9.17) is 10.2 Å². The first-order valence-electron chi connectivity index (χ1n) is 3.93. The van der Waals surface area contributed by atoms with Crippen LogP contribution in [0.5, 0.6) is 0 Å². The highest BCUT2D eigenvalue weighted by Gasteiger charge is 2.20. The SMILES string of the molecule is C[C@H](CN)NS(=O)(=O)c1ccc(Br)o1.Cl. The van der Waals surface area contributed by atoms with E-state index in [1.54, 1.807) is 6.92 Å². The quantitative estimate of drug-likeness (QED) is 0.870. The predicted molar refractivity (Wildman–Crippen MR) is 62.5 cm³/mol. The second-order valence-electron chi connectivity index (χ2n) is 2.82. The summed E-state index contributed by atoms with van der Waals surface area (Å²) in [5.74, 6) is 0. The maximum absolute atomic E-state index is 11.5. The van der Waals surface area contributed by atoms with E-state index in [0.29, 0.717) is 4.67 Å². The molecule has 15 heavy (non-hydrogen) atoms. The minimum absolute atomic E-state index is 0. The second kappa shape index (κ2) is 5.86. The molecule has 0 spiro atoms. The van der Waals surface area contributed by atoms with Crippen LogP contribution in [-0.4, -0.2) is 21.0 Å². The Balaban J connectivity index is 0.00000196. The number of halogens is 2. The molecule has 0 aliphatic rings. The van der Waals surface area contributed by atoms with Gasteiger partial charge in [0, 0.05) is 12.6 Å². The summed E-state index contributed by atoms with van der Waals surface area (Å²) in [7, 11) is -3.58. The summed E-state index contributed by atoms with van der Waals surface area (Å²) >= 11 is 3.02. The van der Waals surface area contributed by atoms with Gasteiger partial charge in [-0.05, 0) is 35.0 Å². The topological polar surface area (TPSA) is 85.3 Å². The zero-order valence-corrected chi connectivity index (χ0v) is 11.2. The molecule has 3 N–H and O–H groups in total. The highest BCUT2D eigenvalue weighted by atomic mass is 79.9. The highest BCUT2D eigenvalue weighted by molar-refractivity contribution is 9.10. The standard InChI is InChI=1S/C7H11BrN2O3S.ClH/c1-5(4-9)10-14(11,12)7-3-2-6(8)13-7;/h2-3,5,10H,4,9H2,1H3;1H/t5-;/m1./s1. The van der Waals surface area contributed by atoms with Crippen molar-refractivity contribution in [1.82, 2.24) is 4.72 Å². The molecule has 88 valence electrons. The van der Waals surface area contributed by atoms with E-state index in [0.717, 1.165) is 0 Å². The molecule has 1 rings (SSSR count). The minimum Gasteiger partial charge on any atom is -0.437 e. The lowest BCUT2D eigenvalue weighted by Gasteiger charge is -2.09. The fourth-order valence-corrected chi connectivity index (χ4v) is 2.42. The Morgan fingerprint density at radius 3 is 2.60 bits per heavy atom. The van der Waals surface area contributed by atoms with E-state index in [1.165, 1.54) is 12.1 Å². The van der Waals surface area contributed by atoms with E-state index >= 15 is 0 Å². The molecule has 0 saturated heterocycles. The molecule has 1 aromatic rings. The fraction of sp³-hybridized carbons (Fsp3) is 0.429. The van der Waals surface area contributed by atoms with Crippen molar-refractivity contribution < 1.29 is 12.8 Å². The summed E-state index contributed by atoms with van der Waals surface area (Å²) in [4.78, 5) is 0. The van der Waals surface area contributed by atoms with Crippen LogP contribution in [0.1, 0.15) is 6.92 Å². The van der Waals surface area contributed by atoms with Gasteiger partial charge >= 0.3 is 0 Å². The number of hydrogen-bond donors (Lipinski definition) is 2. The van der Waals surface area contributed by atoms with Crippen molar-refractivity contribution in [3.05, 3.63) is 16.8 Å². The zero-order chi connectivity index (χ0) is 10.8. The molecule has 0 fully saturated rings. The van der Waals surface area contributed by atoms with Crippen LogP contribution in [0.4, 0.5) is 0 Å². The Labute approximate surface area is 103 Å². The largest absolute Gasteiger partial charge is 0.437 e. The van der Waals surface area contributed by atoms with E-state index in [1.807, 2.05) is 0 Å². The summed E-state index contributed by atoms with van der Waals surface area (Å²) in [6, 6.07) is 2.57. The van der Waals surface area contributed by atoms with Crippen molar-refractivity contribution >= 4 is 38.4 Å². The first-order valence-corrected chi connectivity index (χ1v) is 6.21. The van der Waals surface area contributed by atoms with Gasteiger partial charge in [0.15, 0.2) is 4.67 Å². The van der Waals surface area contributed by atoms with Gasteiger partial charge in [0.1, 0.15) is 0 Å². The van der Waals surface area contributed by atoms with Gasteiger partial charge in [-0.1, -0.05) is 0 Å². The van der Waals surface area contributed by atoms with Gasteiger partial charge in [-0.2, -0.15) is 0 Å². The maximum Gasteiger partial charge on any atom is 0.274 e. The number of rotatable bonds is 4. The van der Waals surface area contributed by atoms with Crippen molar-refractivity contribution in [2.75, 3.05) is 6.54 Å². The van der Waals surface area contributed by atoms with Crippen LogP contribution >= 0.6 is 28.3 Å². The van der Waals surface area contributed by atoms with Crippen LogP contribution in [0.25, 0.3) is 0 Å². The number of furan rings is 1. The molecule has 0 aliphatic heterocycles. The molecule has 1 heterocycles. The van der Waals surface area contributed by atoms with Gasteiger partial charge in [0.2, 0.25) is 5.09 Å². The molecule has 1 aromatic heterocycles. The van der Waals surface area contributed by atoms with Gasteiger partial charge < -0.3 is 10.2 Å². The van der Waals surface area contributed by atoms with Gasteiger partial charge in [0.25, 0.3) is 10.0 Å². The normalized spacial score (nSPS) is 13.3. The number of nitrogens with one attached hydrogen (secondary N) is 1. The first-order chi connectivity index (χ1) is 6.45. The van der Waals surface area contributed by atoms with Crippen molar-refractivity contribution in [3.8, 4) is 0 Å². The maximum atomic E-state index is 11.5. The number of nitrogens with two attached hydrogens (primary N) is 1. The van der Waals surface area contributed by atoms with Crippen molar-refractivity contribution in [3.63, 3.8) is 0 Å². The Bertz CT molecular complexity index is 406. The van der Waals surface area contributed by atoms with Crippen LogP contribution in [0, 0.1) is 0 Å². The van der Waals surface area contributed by atoms with Gasteiger partial charge in [-0.3, -0.25) is 0 Å². The minimum atomic E-state index is -3.58. The first kappa shape index (κ1) is 14.9. The van der Waals surface area contributed by atoms with E-state index in [2.05, 4.69) is 20.7 Å². The smallest absolute Gasteiger partial charge is 0.274 e. The van der Waals surface area contributed by atoms with Crippen LogP contribution in [-0.2, 0) is 10.0 Å². The molecule has 0 bridgehead atoms. The third kappa shape index (κ3) is 4.12. The van der Waals surface area contributed by atoms with Crippen LogP contribution in [0.15, 0.2) is 26.3 Å². The summed E-state index contributed by atoms with van der Waals surface area (Å²) in [6.45, 7) is 1.91. The fourth-order valence-electron chi connectivity index (χ4n) is 0.813. The lowest BCUT2D eigenvalue weighted by Crippen LogP contribution is -2.37. The van der Waals surface area contributed by atoms with Crippen LogP contribution in [0.3, 0.4) is 0 Å². The molecular formula is C7H12BrClN2O3S. The van der Waals surface area contributed by atoms with E-state index < -0.39 is 10.0 Å². The van der Waals surface area contributed by atoms with E-state index in [9.17, 15) is 8.42 Å². The average molecular weight is 320 g/mol. The molecule has 0 amide bonds. The lowest BCUT2D eigenvalue weighted by molar-refractivity contribution is 0.425. The van der Waals surface area contributed by atoms with Gasteiger partial charge in [0.05, 0.1) is 0 Å². The van der Waals surface area contributed by atoms with Crippen LogP contribution in [0.2, 0.25) is 0 Å². The summed E-state index contributed by atoms with van der Waals surface area (Å²) in [5, 5.41) is -0.121. The Morgan fingerprint density at radius 2 is 2.20 bits per heavy atom. The molecule has 0 aliphatic carbocycles. The number of sulfonamides is 1. The molecule has 0 aromatic carbocycles. The third-order valence-electron chi connectivity index (χ3n) is 1.52. The highest BCUT2D eigenvalue weighted by Crippen LogP contribution is 2.18. The molecule has 0 radical (unpaired) electrons. The van der Waals surface area contributed by atoms with Crippen molar-refractivity contribution in [2.24, 2.45) is 5.73 Å². The Hall–Kier alpha value is -0.0800. The Morgan fingerprint density at radius 1 is 1.60 bits per heavy atom. The number of hydrogen-bond acceptors (Lipinski definition) is 4. The molecule has 1 atom stereocenters. The summed E-state index contributed by atoms with van der Waals surface area (Å²) in [5.41, 5.74) is 5.30. The lowest BCUT2D eigenvalue weighted by atomic mass is 10.4. The molecule has 0 unspecified atom stereocenters. The van der Waals surface area contributed by atoms with Gasteiger partial charge in [-0.25, -0.2) is 13.1 Å². The average Bonchev–Trinajstić information content (AvgIpc) is 2.51.